The van der Waals surface area contributed by atoms with Gasteiger partial charge in [0.05, 0.1) is 6.21 Å². The molecule has 1 aromatic carbocycles. The standard InChI is InChI=1S/C15H13N7O/c23-14(18-17-10-12-5-4-8-16-9-12)11-22-20-15(19-21-22)13-6-2-1-3-7-13/h1-10H,11H2,(H,18,23)/b17-10+. The number of hydrogen-bond donors (Lipinski definition) is 1. The van der Waals surface area contributed by atoms with Crippen LogP contribution in [0.5, 0.6) is 0 Å². The van der Waals surface area contributed by atoms with Crippen LogP contribution in [-0.4, -0.2) is 37.3 Å². The maximum Gasteiger partial charge on any atom is 0.263 e. The molecule has 2 heterocycles. The van der Waals surface area contributed by atoms with Gasteiger partial charge in [-0.25, -0.2) is 5.43 Å². The minimum Gasteiger partial charge on any atom is -0.271 e. The molecule has 1 amide bonds. The smallest absolute Gasteiger partial charge is 0.263 e. The normalized spacial score (nSPS) is 10.8. The van der Waals surface area contributed by atoms with Crippen molar-refractivity contribution in [2.75, 3.05) is 0 Å². The highest BCUT2D eigenvalue weighted by Crippen LogP contribution is 2.11. The Morgan fingerprint density at radius 3 is 2.87 bits per heavy atom. The Balaban J connectivity index is 1.56. The second-order valence-corrected chi connectivity index (χ2v) is 4.59. The van der Waals surface area contributed by atoms with E-state index in [-0.39, 0.29) is 12.5 Å². The van der Waals surface area contributed by atoms with E-state index in [0.29, 0.717) is 5.82 Å². The third kappa shape index (κ3) is 4.03. The fourth-order valence-electron chi connectivity index (χ4n) is 1.81. The number of rotatable bonds is 5. The predicted octanol–water partition coefficient (Wildman–Crippen LogP) is 0.885. The summed E-state index contributed by atoms with van der Waals surface area (Å²) in [5.74, 6) is 0.124. The largest absolute Gasteiger partial charge is 0.271 e. The highest BCUT2D eigenvalue weighted by molar-refractivity contribution is 5.81. The molecule has 0 aliphatic heterocycles. The molecule has 8 nitrogen and oxygen atoms in total. The van der Waals surface area contributed by atoms with Gasteiger partial charge in [-0.15, -0.1) is 10.2 Å². The van der Waals surface area contributed by atoms with Gasteiger partial charge >= 0.3 is 0 Å². The summed E-state index contributed by atoms with van der Waals surface area (Å²) >= 11 is 0. The maximum atomic E-state index is 11.8. The molecule has 114 valence electrons. The lowest BCUT2D eigenvalue weighted by Crippen LogP contribution is -2.24. The molecule has 8 heteroatoms. The topological polar surface area (TPSA) is 98.0 Å². The van der Waals surface area contributed by atoms with E-state index in [9.17, 15) is 4.79 Å². The summed E-state index contributed by atoms with van der Waals surface area (Å²) in [7, 11) is 0. The molecule has 1 N–H and O–H groups in total. The molecule has 0 saturated carbocycles. The second-order valence-electron chi connectivity index (χ2n) is 4.59. The SMILES string of the molecule is O=C(Cn1nnc(-c2ccccc2)n1)N/N=C/c1cccnc1. The summed E-state index contributed by atoms with van der Waals surface area (Å²) < 4.78 is 0. The Morgan fingerprint density at radius 1 is 1.22 bits per heavy atom. The summed E-state index contributed by atoms with van der Waals surface area (Å²) in [6.07, 6.45) is 4.81. The van der Waals surface area contributed by atoms with E-state index in [1.165, 1.54) is 11.0 Å². The number of aromatic nitrogens is 5. The van der Waals surface area contributed by atoms with Gasteiger partial charge in [-0.3, -0.25) is 9.78 Å². The van der Waals surface area contributed by atoms with Gasteiger partial charge in [0, 0.05) is 23.5 Å². The first-order chi connectivity index (χ1) is 11.3. The van der Waals surface area contributed by atoms with Crippen molar-refractivity contribution >= 4 is 12.1 Å². The molecule has 3 aromatic rings. The van der Waals surface area contributed by atoms with Gasteiger partial charge in [0.2, 0.25) is 5.82 Å². The third-order valence-corrected chi connectivity index (χ3v) is 2.86. The van der Waals surface area contributed by atoms with Gasteiger partial charge in [0.25, 0.3) is 5.91 Å². The average Bonchev–Trinajstić information content (AvgIpc) is 3.05. The van der Waals surface area contributed by atoms with Crippen molar-refractivity contribution in [3.8, 4) is 11.4 Å². The zero-order valence-electron chi connectivity index (χ0n) is 12.1. The number of carbonyl (C=O) groups excluding carboxylic acids is 1. The first kappa shape index (κ1) is 14.5. The zero-order chi connectivity index (χ0) is 15.9. The van der Waals surface area contributed by atoms with Crippen molar-refractivity contribution < 1.29 is 4.79 Å². The Kier molecular flexibility index (Phi) is 4.44. The first-order valence-corrected chi connectivity index (χ1v) is 6.86. The molecule has 0 spiro atoms. The Hall–Kier alpha value is -3.42. The summed E-state index contributed by atoms with van der Waals surface area (Å²) in [5, 5.41) is 15.8. The number of hydrazone groups is 1. The molecule has 23 heavy (non-hydrogen) atoms. The van der Waals surface area contributed by atoms with Gasteiger partial charge in [-0.2, -0.15) is 9.90 Å². The van der Waals surface area contributed by atoms with Crippen molar-refractivity contribution in [1.82, 2.24) is 30.6 Å². The van der Waals surface area contributed by atoms with E-state index in [2.05, 4.69) is 30.9 Å². The molecular weight excluding hydrogens is 294 g/mol. The van der Waals surface area contributed by atoms with E-state index in [4.69, 9.17) is 0 Å². The van der Waals surface area contributed by atoms with Crippen LogP contribution in [0.3, 0.4) is 0 Å². The molecule has 0 saturated heterocycles. The monoisotopic (exact) mass is 307 g/mol. The Morgan fingerprint density at radius 2 is 2.09 bits per heavy atom. The summed E-state index contributed by atoms with van der Waals surface area (Å²) in [5.41, 5.74) is 4.03. The minimum atomic E-state index is -0.345. The summed E-state index contributed by atoms with van der Waals surface area (Å²) in [6.45, 7) is -0.0653. The van der Waals surface area contributed by atoms with Crippen LogP contribution >= 0.6 is 0 Å². The van der Waals surface area contributed by atoms with Gasteiger partial charge in [0.1, 0.15) is 6.54 Å². The van der Waals surface area contributed by atoms with Crippen LogP contribution in [0.25, 0.3) is 11.4 Å². The fourth-order valence-corrected chi connectivity index (χ4v) is 1.81. The molecule has 0 atom stereocenters. The van der Waals surface area contributed by atoms with Crippen molar-refractivity contribution in [1.29, 1.82) is 0 Å². The van der Waals surface area contributed by atoms with Gasteiger partial charge in [-0.1, -0.05) is 36.4 Å². The lowest BCUT2D eigenvalue weighted by molar-refractivity contribution is -0.122. The van der Waals surface area contributed by atoms with Crippen molar-refractivity contribution in [3.05, 3.63) is 60.4 Å². The van der Waals surface area contributed by atoms with Crippen LogP contribution in [0.2, 0.25) is 0 Å². The molecule has 0 aliphatic carbocycles. The number of nitrogens with one attached hydrogen (secondary N) is 1. The molecule has 3 rings (SSSR count). The number of pyridine rings is 1. The van der Waals surface area contributed by atoms with Gasteiger partial charge in [0.15, 0.2) is 0 Å². The van der Waals surface area contributed by atoms with Gasteiger partial charge < -0.3 is 0 Å². The third-order valence-electron chi connectivity index (χ3n) is 2.86. The maximum absolute atomic E-state index is 11.8. The molecule has 0 unspecified atom stereocenters. The number of tetrazole rings is 1. The number of hydrogen-bond acceptors (Lipinski definition) is 6. The predicted molar refractivity (Wildman–Crippen MR) is 83.2 cm³/mol. The zero-order valence-corrected chi connectivity index (χ0v) is 12.1. The molecule has 0 bridgehead atoms. The molecular formula is C15H13N7O. The highest BCUT2D eigenvalue weighted by atomic mass is 16.2. The van der Waals surface area contributed by atoms with Crippen molar-refractivity contribution in [3.63, 3.8) is 0 Å². The lowest BCUT2D eigenvalue weighted by Gasteiger charge is -1.98. The van der Waals surface area contributed by atoms with Crippen molar-refractivity contribution in [2.45, 2.75) is 6.54 Å². The first-order valence-electron chi connectivity index (χ1n) is 6.86. The van der Waals surface area contributed by atoms with Crippen LogP contribution in [0.1, 0.15) is 5.56 Å². The summed E-state index contributed by atoms with van der Waals surface area (Å²) in [4.78, 5) is 16.9. The van der Waals surface area contributed by atoms with Crippen LogP contribution in [-0.2, 0) is 11.3 Å². The molecule has 0 radical (unpaired) electrons. The second kappa shape index (κ2) is 7.03. The van der Waals surface area contributed by atoms with Crippen molar-refractivity contribution in [2.24, 2.45) is 5.10 Å². The minimum absolute atomic E-state index is 0.0653. The Labute approximate surface area is 131 Å². The molecule has 0 fully saturated rings. The number of amides is 1. The summed E-state index contributed by atoms with van der Waals surface area (Å²) in [6, 6.07) is 13.0. The number of benzene rings is 1. The van der Waals surface area contributed by atoms with Crippen LogP contribution in [0.4, 0.5) is 0 Å². The van der Waals surface area contributed by atoms with E-state index in [0.717, 1.165) is 11.1 Å². The Bertz CT molecular complexity index is 799. The number of carbonyl (C=O) groups is 1. The average molecular weight is 307 g/mol. The van der Waals surface area contributed by atoms with Gasteiger partial charge in [-0.05, 0) is 11.3 Å². The highest BCUT2D eigenvalue weighted by Gasteiger charge is 2.08. The van der Waals surface area contributed by atoms with Crippen LogP contribution < -0.4 is 5.43 Å². The van der Waals surface area contributed by atoms with E-state index in [1.807, 2.05) is 36.4 Å². The number of nitrogens with zero attached hydrogens (tertiary/aromatic N) is 6. The molecule has 0 aliphatic rings. The van der Waals surface area contributed by atoms with Crippen LogP contribution in [0, 0.1) is 0 Å². The quantitative estimate of drug-likeness (QED) is 0.557. The lowest BCUT2D eigenvalue weighted by atomic mass is 10.2. The van der Waals surface area contributed by atoms with E-state index >= 15 is 0 Å². The van der Waals surface area contributed by atoms with Crippen LogP contribution in [0.15, 0.2) is 60.0 Å². The molecule has 2 aromatic heterocycles. The fraction of sp³-hybridized carbons (Fsp3) is 0.0667. The van der Waals surface area contributed by atoms with E-state index < -0.39 is 0 Å². The van der Waals surface area contributed by atoms with E-state index in [1.54, 1.807) is 18.5 Å².